The molecule has 0 spiro atoms. The molecule has 20 heavy (non-hydrogen) atoms. The average Bonchev–Trinajstić information content (AvgIpc) is 3.09. The monoisotopic (exact) mass is 285 g/mol. The van der Waals surface area contributed by atoms with Crippen LogP contribution in [0.3, 0.4) is 0 Å². The van der Waals surface area contributed by atoms with E-state index in [-0.39, 0.29) is 5.91 Å². The normalized spacial score (nSPS) is 15.4. The van der Waals surface area contributed by atoms with Crippen LogP contribution in [-0.4, -0.2) is 11.9 Å². The summed E-state index contributed by atoms with van der Waals surface area (Å²) in [6.45, 7) is 2.07. The molecule has 104 valence electrons. The molecule has 0 radical (unpaired) electrons. The Hall–Kier alpha value is -1.61. The van der Waals surface area contributed by atoms with Crippen LogP contribution in [0.4, 0.5) is 0 Å². The molecule has 0 saturated heterocycles. The summed E-state index contributed by atoms with van der Waals surface area (Å²) in [5.41, 5.74) is 2.37. The van der Waals surface area contributed by atoms with Gasteiger partial charge in [-0.1, -0.05) is 43.2 Å². The van der Waals surface area contributed by atoms with Gasteiger partial charge in [0.15, 0.2) is 0 Å². The molecule has 1 N–H and O–H groups in total. The second-order valence-corrected chi connectivity index (χ2v) is 6.50. The fourth-order valence-corrected chi connectivity index (χ4v) is 3.88. The predicted molar refractivity (Wildman–Crippen MR) is 84.2 cm³/mol. The van der Waals surface area contributed by atoms with Crippen LogP contribution >= 0.6 is 11.3 Å². The molecule has 0 aliphatic heterocycles. The lowest BCUT2D eigenvalue weighted by atomic mass is 10.1. The lowest BCUT2D eigenvalue weighted by Crippen LogP contribution is -2.31. The third-order valence-electron chi connectivity index (χ3n) is 3.87. The van der Waals surface area contributed by atoms with Crippen molar-refractivity contribution in [1.82, 2.24) is 5.32 Å². The molecule has 1 aliphatic rings. The number of carbonyl (C=O) groups excluding carboxylic acids is 1. The van der Waals surface area contributed by atoms with Gasteiger partial charge in [0.1, 0.15) is 0 Å². The summed E-state index contributed by atoms with van der Waals surface area (Å²) in [6, 6.07) is 12.7. The number of benzene rings is 1. The SMILES string of the molecule is Cc1cc(C(=O)NC2CCCC2)sc1-c1ccccc1. The average molecular weight is 285 g/mol. The highest BCUT2D eigenvalue weighted by Crippen LogP contribution is 2.32. The molecule has 1 heterocycles. The highest BCUT2D eigenvalue weighted by Gasteiger charge is 2.20. The van der Waals surface area contributed by atoms with Gasteiger partial charge in [0.05, 0.1) is 4.88 Å². The molecule has 1 aliphatic carbocycles. The van der Waals surface area contributed by atoms with E-state index in [1.54, 1.807) is 11.3 Å². The Bertz CT molecular complexity index is 597. The molecule has 1 saturated carbocycles. The molecule has 3 rings (SSSR count). The number of amides is 1. The summed E-state index contributed by atoms with van der Waals surface area (Å²) in [6.07, 6.45) is 4.73. The van der Waals surface area contributed by atoms with Crippen LogP contribution in [0, 0.1) is 6.92 Å². The van der Waals surface area contributed by atoms with Crippen molar-refractivity contribution >= 4 is 17.2 Å². The number of thiophene rings is 1. The highest BCUT2D eigenvalue weighted by molar-refractivity contribution is 7.17. The molecule has 2 aromatic rings. The molecule has 1 aromatic heterocycles. The second-order valence-electron chi connectivity index (χ2n) is 5.44. The Morgan fingerprint density at radius 3 is 2.60 bits per heavy atom. The highest BCUT2D eigenvalue weighted by atomic mass is 32.1. The number of hydrogen-bond donors (Lipinski definition) is 1. The van der Waals surface area contributed by atoms with E-state index in [1.165, 1.54) is 28.8 Å². The van der Waals surface area contributed by atoms with Crippen molar-refractivity contribution in [2.45, 2.75) is 38.6 Å². The molecule has 3 heteroatoms. The van der Waals surface area contributed by atoms with Gasteiger partial charge >= 0.3 is 0 Å². The third-order valence-corrected chi connectivity index (χ3v) is 5.15. The van der Waals surface area contributed by atoms with Crippen LogP contribution < -0.4 is 5.32 Å². The summed E-state index contributed by atoms with van der Waals surface area (Å²) in [7, 11) is 0. The molecule has 1 aromatic carbocycles. The van der Waals surface area contributed by atoms with Crippen LogP contribution in [0.1, 0.15) is 40.9 Å². The molecule has 0 unspecified atom stereocenters. The van der Waals surface area contributed by atoms with Gasteiger partial charge in [0.25, 0.3) is 5.91 Å². The first-order valence-electron chi connectivity index (χ1n) is 7.21. The van der Waals surface area contributed by atoms with Gasteiger partial charge < -0.3 is 5.32 Å². The summed E-state index contributed by atoms with van der Waals surface area (Å²) in [5, 5.41) is 3.16. The number of rotatable bonds is 3. The number of hydrogen-bond acceptors (Lipinski definition) is 2. The number of aryl methyl sites for hydroxylation is 1. The van der Waals surface area contributed by atoms with Crippen LogP contribution in [-0.2, 0) is 0 Å². The van der Waals surface area contributed by atoms with Crippen molar-refractivity contribution in [3.8, 4) is 10.4 Å². The van der Waals surface area contributed by atoms with Crippen molar-refractivity contribution in [2.24, 2.45) is 0 Å². The third kappa shape index (κ3) is 2.78. The zero-order valence-electron chi connectivity index (χ0n) is 11.7. The molecule has 0 bridgehead atoms. The lowest BCUT2D eigenvalue weighted by Gasteiger charge is -2.10. The first-order chi connectivity index (χ1) is 9.74. The summed E-state index contributed by atoms with van der Waals surface area (Å²) < 4.78 is 0. The van der Waals surface area contributed by atoms with E-state index in [1.807, 2.05) is 24.3 Å². The van der Waals surface area contributed by atoms with E-state index in [9.17, 15) is 4.79 Å². The topological polar surface area (TPSA) is 29.1 Å². The molecule has 1 fully saturated rings. The van der Waals surface area contributed by atoms with E-state index in [2.05, 4.69) is 24.4 Å². The minimum atomic E-state index is 0.0900. The van der Waals surface area contributed by atoms with Crippen LogP contribution in [0.5, 0.6) is 0 Å². The van der Waals surface area contributed by atoms with Gasteiger partial charge in [-0.2, -0.15) is 0 Å². The zero-order valence-corrected chi connectivity index (χ0v) is 12.5. The van der Waals surface area contributed by atoms with Crippen molar-refractivity contribution in [2.75, 3.05) is 0 Å². The minimum Gasteiger partial charge on any atom is -0.349 e. The first-order valence-corrected chi connectivity index (χ1v) is 8.02. The molecule has 0 atom stereocenters. The molecule has 1 amide bonds. The second kappa shape index (κ2) is 5.80. The van der Waals surface area contributed by atoms with Crippen molar-refractivity contribution < 1.29 is 4.79 Å². The van der Waals surface area contributed by atoms with E-state index in [0.717, 1.165) is 17.7 Å². The Kier molecular flexibility index (Phi) is 3.88. The number of carbonyl (C=O) groups is 1. The standard InChI is InChI=1S/C17H19NOS/c1-12-11-15(17(19)18-14-9-5-6-10-14)20-16(12)13-7-3-2-4-8-13/h2-4,7-8,11,14H,5-6,9-10H2,1H3,(H,18,19). The Balaban J connectivity index is 1.79. The molecular weight excluding hydrogens is 266 g/mol. The smallest absolute Gasteiger partial charge is 0.261 e. The van der Waals surface area contributed by atoms with Crippen LogP contribution in [0.15, 0.2) is 36.4 Å². The minimum absolute atomic E-state index is 0.0900. The predicted octanol–water partition coefficient (Wildman–Crippen LogP) is 4.40. The first kappa shape index (κ1) is 13.4. The van der Waals surface area contributed by atoms with E-state index >= 15 is 0 Å². The number of nitrogens with one attached hydrogen (secondary N) is 1. The van der Waals surface area contributed by atoms with Crippen molar-refractivity contribution in [3.05, 3.63) is 46.8 Å². The fourth-order valence-electron chi connectivity index (χ4n) is 2.80. The van der Waals surface area contributed by atoms with E-state index in [0.29, 0.717) is 6.04 Å². The Morgan fingerprint density at radius 2 is 1.90 bits per heavy atom. The lowest BCUT2D eigenvalue weighted by molar-refractivity contribution is 0.0942. The molecule has 2 nitrogen and oxygen atoms in total. The van der Waals surface area contributed by atoms with Gasteiger partial charge in [-0.05, 0) is 37.0 Å². The maximum atomic E-state index is 12.3. The summed E-state index contributed by atoms with van der Waals surface area (Å²) in [5.74, 6) is 0.0900. The summed E-state index contributed by atoms with van der Waals surface area (Å²) in [4.78, 5) is 14.3. The zero-order chi connectivity index (χ0) is 13.9. The molecular formula is C17H19NOS. The largest absolute Gasteiger partial charge is 0.349 e. The van der Waals surface area contributed by atoms with E-state index < -0.39 is 0 Å². The van der Waals surface area contributed by atoms with Gasteiger partial charge in [-0.15, -0.1) is 11.3 Å². The van der Waals surface area contributed by atoms with E-state index in [4.69, 9.17) is 0 Å². The maximum absolute atomic E-state index is 12.3. The van der Waals surface area contributed by atoms with Gasteiger partial charge in [0, 0.05) is 10.9 Å². The quantitative estimate of drug-likeness (QED) is 0.890. The van der Waals surface area contributed by atoms with Crippen LogP contribution in [0.25, 0.3) is 10.4 Å². The van der Waals surface area contributed by atoms with Gasteiger partial charge in [-0.3, -0.25) is 4.79 Å². The maximum Gasteiger partial charge on any atom is 0.261 e. The Labute approximate surface area is 123 Å². The summed E-state index contributed by atoms with van der Waals surface area (Å²) >= 11 is 1.59. The van der Waals surface area contributed by atoms with Crippen molar-refractivity contribution in [1.29, 1.82) is 0 Å². The fraction of sp³-hybridized carbons (Fsp3) is 0.353. The van der Waals surface area contributed by atoms with Gasteiger partial charge in [-0.25, -0.2) is 0 Å². The van der Waals surface area contributed by atoms with Crippen molar-refractivity contribution in [3.63, 3.8) is 0 Å². The van der Waals surface area contributed by atoms with Gasteiger partial charge in [0.2, 0.25) is 0 Å². The van der Waals surface area contributed by atoms with Crippen LogP contribution in [0.2, 0.25) is 0 Å². The Morgan fingerprint density at radius 1 is 1.20 bits per heavy atom.